The van der Waals surface area contributed by atoms with Gasteiger partial charge in [0, 0.05) is 17.4 Å². The summed E-state index contributed by atoms with van der Waals surface area (Å²) in [5, 5.41) is 11.4. The maximum Gasteiger partial charge on any atom is 0.338 e. The van der Waals surface area contributed by atoms with Crippen molar-refractivity contribution < 1.29 is 23.8 Å². The highest BCUT2D eigenvalue weighted by molar-refractivity contribution is 6.17. The predicted molar refractivity (Wildman–Crippen MR) is 161 cm³/mol. The van der Waals surface area contributed by atoms with E-state index in [1.54, 1.807) is 18.2 Å². The molecule has 0 fully saturated rings. The van der Waals surface area contributed by atoms with E-state index in [1.165, 1.54) is 0 Å². The lowest BCUT2D eigenvalue weighted by Crippen LogP contribution is -2.37. The molecule has 1 heterocycles. The minimum atomic E-state index is -0.544. The van der Waals surface area contributed by atoms with E-state index in [-0.39, 0.29) is 17.9 Å². The zero-order valence-electron chi connectivity index (χ0n) is 25.2. The fourth-order valence-corrected chi connectivity index (χ4v) is 5.20. The van der Waals surface area contributed by atoms with E-state index in [0.29, 0.717) is 39.8 Å². The van der Waals surface area contributed by atoms with Gasteiger partial charge in [-0.2, -0.15) is 0 Å². The molecule has 6 nitrogen and oxygen atoms in total. The van der Waals surface area contributed by atoms with Crippen LogP contribution in [0.5, 0.6) is 0 Å². The quantitative estimate of drug-likeness (QED) is 0.145. The van der Waals surface area contributed by atoms with Crippen molar-refractivity contribution in [1.29, 1.82) is 0 Å². The first kappa shape index (κ1) is 31.6. The number of hydrogen-bond donors (Lipinski definition) is 1. The van der Waals surface area contributed by atoms with E-state index in [1.807, 2.05) is 45.0 Å². The average molecular weight is 550 g/mol. The summed E-state index contributed by atoms with van der Waals surface area (Å²) >= 11 is 0. The van der Waals surface area contributed by atoms with E-state index in [0.717, 1.165) is 57.2 Å². The van der Waals surface area contributed by atoms with Crippen LogP contribution in [0.1, 0.15) is 124 Å². The average Bonchev–Trinajstić information content (AvgIpc) is 3.30. The van der Waals surface area contributed by atoms with Gasteiger partial charge in [-0.15, -0.1) is 0 Å². The number of aliphatic hydroxyl groups excluding tert-OH is 1. The van der Waals surface area contributed by atoms with Gasteiger partial charge in [-0.3, -0.25) is 9.69 Å². The Balaban J connectivity index is 1.99. The molecule has 0 bridgehead atoms. The Morgan fingerprint density at radius 3 is 2.02 bits per heavy atom. The molecular weight excluding hydrogens is 502 g/mol. The van der Waals surface area contributed by atoms with Crippen LogP contribution in [0.4, 0.5) is 0 Å². The zero-order valence-corrected chi connectivity index (χ0v) is 25.2. The van der Waals surface area contributed by atoms with Crippen LogP contribution in [0, 0.1) is 0 Å². The molecule has 0 saturated carbocycles. The van der Waals surface area contributed by atoms with Gasteiger partial charge in [-0.25, -0.2) is 4.79 Å². The Bertz CT molecular complexity index is 1230. The molecule has 0 radical (unpaired) electrons. The van der Waals surface area contributed by atoms with Crippen LogP contribution in [0.15, 0.2) is 46.9 Å². The van der Waals surface area contributed by atoms with Crippen LogP contribution >= 0.6 is 0 Å². The smallest absolute Gasteiger partial charge is 0.338 e. The number of esters is 1. The lowest BCUT2D eigenvalue weighted by Gasteiger charge is -2.34. The number of nitrogens with zero attached hydrogens (tertiary/aromatic N) is 1. The number of carbonyl (C=O) groups excluding carboxylic acids is 2. The summed E-state index contributed by atoms with van der Waals surface area (Å²) in [4.78, 5) is 28.9. The number of aliphatic hydroxyl groups is 1. The third-order valence-corrected chi connectivity index (χ3v) is 7.29. The number of furan rings is 1. The van der Waals surface area contributed by atoms with Crippen molar-refractivity contribution in [3.63, 3.8) is 0 Å². The van der Waals surface area contributed by atoms with E-state index in [4.69, 9.17) is 9.15 Å². The molecule has 40 heavy (non-hydrogen) atoms. The number of carbonyl (C=O) groups is 2. The fourth-order valence-electron chi connectivity index (χ4n) is 5.20. The minimum Gasteiger partial charge on any atom is -0.460 e. The van der Waals surface area contributed by atoms with Crippen molar-refractivity contribution in [2.24, 2.45) is 0 Å². The summed E-state index contributed by atoms with van der Waals surface area (Å²) in [6.45, 7) is 13.8. The zero-order chi connectivity index (χ0) is 29.2. The molecule has 3 aromatic rings. The second-order valence-electron chi connectivity index (χ2n) is 11.0. The summed E-state index contributed by atoms with van der Waals surface area (Å²) < 4.78 is 11.5. The minimum absolute atomic E-state index is 0.131. The molecule has 3 rings (SSSR count). The highest BCUT2D eigenvalue weighted by atomic mass is 16.5. The molecule has 0 spiro atoms. The number of hydrogen-bond acceptors (Lipinski definition) is 6. The molecule has 0 aliphatic heterocycles. The maximum absolute atomic E-state index is 14.0. The number of ether oxygens (including phenoxy) is 1. The summed E-state index contributed by atoms with van der Waals surface area (Å²) in [7, 11) is 0. The number of benzene rings is 2. The normalized spacial score (nSPS) is 13.2. The first-order valence-corrected chi connectivity index (χ1v) is 15.0. The van der Waals surface area contributed by atoms with Gasteiger partial charge in [-0.1, -0.05) is 64.3 Å². The van der Waals surface area contributed by atoms with Crippen LogP contribution in [0.25, 0.3) is 11.0 Å². The summed E-state index contributed by atoms with van der Waals surface area (Å²) in [5.41, 5.74) is 3.05. The van der Waals surface area contributed by atoms with Gasteiger partial charge in [0.25, 0.3) is 0 Å². The van der Waals surface area contributed by atoms with Gasteiger partial charge < -0.3 is 14.3 Å². The fraction of sp³-hybridized carbons (Fsp3) is 0.529. The highest BCUT2D eigenvalue weighted by Gasteiger charge is 2.26. The number of rotatable bonds is 16. The number of ketones is 1. The van der Waals surface area contributed by atoms with Gasteiger partial charge in [0.2, 0.25) is 0 Å². The Morgan fingerprint density at radius 1 is 0.875 bits per heavy atom. The lowest BCUT2D eigenvalue weighted by atomic mass is 9.94. The third-order valence-electron chi connectivity index (χ3n) is 7.29. The molecule has 6 heteroatoms. The van der Waals surface area contributed by atoms with Gasteiger partial charge in [0.1, 0.15) is 11.3 Å². The topological polar surface area (TPSA) is 80.0 Å². The summed E-state index contributed by atoms with van der Waals surface area (Å²) in [5.74, 6) is 0.0940. The van der Waals surface area contributed by atoms with Crippen LogP contribution < -0.4 is 0 Å². The van der Waals surface area contributed by atoms with Crippen LogP contribution in [0.3, 0.4) is 0 Å². The summed E-state index contributed by atoms with van der Waals surface area (Å²) in [6.07, 6.45) is 6.06. The van der Waals surface area contributed by atoms with E-state index < -0.39 is 12.1 Å². The molecule has 0 unspecified atom stereocenters. The molecule has 0 amide bonds. The first-order chi connectivity index (χ1) is 19.2. The Hall–Kier alpha value is -2.96. The second kappa shape index (κ2) is 15.2. The highest BCUT2D eigenvalue weighted by Crippen LogP contribution is 2.32. The molecule has 1 aromatic heterocycles. The molecule has 2 atom stereocenters. The molecule has 0 aliphatic carbocycles. The maximum atomic E-state index is 14.0. The SMILES string of the molecule is CCCCc1oc2ccc(C(=O)OC(C)C)cc2c1C(=O)c1ccc([C@@H]([C@@H](C)O)N(CCCC)CCCC)cc1. The molecule has 0 saturated heterocycles. The molecule has 1 N–H and O–H groups in total. The van der Waals surface area contributed by atoms with Crippen molar-refractivity contribution in [2.45, 2.75) is 105 Å². The standard InChI is InChI=1S/C34H47NO5/c1-7-10-13-30-31(28-22-27(18-19-29(28)40-30)34(38)39-23(4)5)33(37)26-16-14-25(15-17-26)32(24(6)36)35(20-11-8-2)21-12-9-3/h14-19,22-24,32,36H,7-13,20-21H2,1-6H3/t24-,32-/m1/s1. The van der Waals surface area contributed by atoms with Crippen LogP contribution in [0.2, 0.25) is 0 Å². The molecule has 2 aromatic carbocycles. The Morgan fingerprint density at radius 2 is 1.48 bits per heavy atom. The monoisotopic (exact) mass is 549 g/mol. The first-order valence-electron chi connectivity index (χ1n) is 15.0. The molecular formula is C34H47NO5. The number of aryl methyl sites for hydroxylation is 1. The van der Waals surface area contributed by atoms with Gasteiger partial charge in [0.15, 0.2) is 5.78 Å². The van der Waals surface area contributed by atoms with Gasteiger partial charge in [0.05, 0.1) is 29.4 Å². The van der Waals surface area contributed by atoms with Crippen molar-refractivity contribution in [2.75, 3.05) is 13.1 Å². The second-order valence-corrected chi connectivity index (χ2v) is 11.0. The largest absolute Gasteiger partial charge is 0.460 e. The van der Waals surface area contributed by atoms with E-state index in [2.05, 4.69) is 25.7 Å². The van der Waals surface area contributed by atoms with Gasteiger partial charge >= 0.3 is 5.97 Å². The Labute approximate surface area is 239 Å². The van der Waals surface area contributed by atoms with Crippen molar-refractivity contribution in [3.05, 3.63) is 70.5 Å². The van der Waals surface area contributed by atoms with Crippen molar-refractivity contribution in [1.82, 2.24) is 4.90 Å². The van der Waals surface area contributed by atoms with Crippen molar-refractivity contribution in [3.8, 4) is 0 Å². The predicted octanol–water partition coefficient (Wildman–Crippen LogP) is 7.90. The lowest BCUT2D eigenvalue weighted by molar-refractivity contribution is 0.0378. The van der Waals surface area contributed by atoms with E-state index >= 15 is 0 Å². The van der Waals surface area contributed by atoms with Crippen molar-refractivity contribution >= 4 is 22.7 Å². The number of unbranched alkanes of at least 4 members (excludes halogenated alkanes) is 3. The third kappa shape index (κ3) is 7.82. The van der Waals surface area contributed by atoms with E-state index in [9.17, 15) is 14.7 Å². The van der Waals surface area contributed by atoms with Crippen LogP contribution in [-0.4, -0.2) is 47.1 Å². The Kier molecular flexibility index (Phi) is 12.0. The molecule has 0 aliphatic rings. The van der Waals surface area contributed by atoms with Gasteiger partial charge in [-0.05, 0) is 76.9 Å². The van der Waals surface area contributed by atoms with Crippen LogP contribution in [-0.2, 0) is 11.2 Å². The number of fused-ring (bicyclic) bond motifs is 1. The molecule has 218 valence electrons. The summed E-state index contributed by atoms with van der Waals surface area (Å²) in [6, 6.07) is 12.6.